The Balaban J connectivity index is 1.31. The van der Waals surface area contributed by atoms with Gasteiger partial charge in [-0.1, -0.05) is 0 Å². The minimum Gasteiger partial charge on any atom is -0.354 e. The number of nitrogens with zero attached hydrogens (tertiary/aromatic N) is 3. The largest absolute Gasteiger partial charge is 0.354 e. The van der Waals surface area contributed by atoms with E-state index in [1.807, 2.05) is 24.0 Å². The average molecular weight is 333 g/mol. The predicted octanol–water partition coefficient (Wildman–Crippen LogP) is 0.275. The van der Waals surface area contributed by atoms with Crippen molar-refractivity contribution in [2.24, 2.45) is 18.9 Å². The maximum atomic E-state index is 12.2. The number of aryl methyl sites for hydroxylation is 1. The molecule has 1 aliphatic heterocycles. The summed E-state index contributed by atoms with van der Waals surface area (Å²) in [6, 6.07) is 0. The van der Waals surface area contributed by atoms with Crippen molar-refractivity contribution < 1.29 is 9.59 Å². The fourth-order valence-corrected chi connectivity index (χ4v) is 3.11. The normalized spacial score (nSPS) is 19.2. The molecule has 0 spiro atoms. The smallest absolute Gasteiger partial charge is 0.223 e. The first-order valence-corrected chi connectivity index (χ1v) is 8.87. The van der Waals surface area contributed by atoms with Crippen LogP contribution in [0.3, 0.4) is 0 Å². The first-order chi connectivity index (χ1) is 11.6. The lowest BCUT2D eigenvalue weighted by molar-refractivity contribution is -0.127. The molecule has 0 bridgehead atoms. The number of nitrogens with one attached hydrogen (secondary N) is 2. The third-order valence-corrected chi connectivity index (χ3v) is 4.92. The van der Waals surface area contributed by atoms with E-state index in [1.165, 1.54) is 0 Å². The number of hydrogen-bond acceptors (Lipinski definition) is 4. The lowest BCUT2D eigenvalue weighted by atomic mass is 9.96. The number of piperidine rings is 1. The number of carbonyl (C=O) groups is 2. The fraction of sp³-hybridized carbons (Fsp3) is 0.706. The molecule has 3 rings (SSSR count). The summed E-state index contributed by atoms with van der Waals surface area (Å²) in [4.78, 5) is 30.4. The number of amides is 2. The van der Waals surface area contributed by atoms with E-state index in [-0.39, 0.29) is 23.7 Å². The molecular formula is C17H27N5O2. The van der Waals surface area contributed by atoms with Crippen LogP contribution in [0.25, 0.3) is 0 Å². The van der Waals surface area contributed by atoms with E-state index in [1.54, 1.807) is 0 Å². The van der Waals surface area contributed by atoms with Crippen molar-refractivity contribution in [1.82, 2.24) is 25.1 Å². The molecule has 1 aromatic heterocycles. The number of likely N-dealkylation sites (tertiary alicyclic amines) is 1. The van der Waals surface area contributed by atoms with Crippen molar-refractivity contribution in [2.45, 2.75) is 32.2 Å². The van der Waals surface area contributed by atoms with E-state index in [4.69, 9.17) is 0 Å². The fourth-order valence-electron chi connectivity index (χ4n) is 3.11. The summed E-state index contributed by atoms with van der Waals surface area (Å²) in [6.45, 7) is 3.72. The standard InChI is InChI=1S/C17H27N5O2/c1-21-11-8-18-15(21)12-22-9-4-14(5-10-22)17(24)20-7-6-19-16(23)13-2-3-13/h8,11,13-14H,2-7,9-10,12H2,1H3,(H,19,23)(H,20,24). The number of rotatable bonds is 7. The van der Waals surface area contributed by atoms with Gasteiger partial charge in [0.25, 0.3) is 0 Å². The van der Waals surface area contributed by atoms with Crippen molar-refractivity contribution in [3.8, 4) is 0 Å². The van der Waals surface area contributed by atoms with E-state index in [2.05, 4.69) is 20.5 Å². The molecule has 1 aromatic rings. The highest BCUT2D eigenvalue weighted by atomic mass is 16.2. The molecule has 0 unspecified atom stereocenters. The van der Waals surface area contributed by atoms with E-state index in [9.17, 15) is 9.59 Å². The maximum absolute atomic E-state index is 12.2. The van der Waals surface area contributed by atoms with Crippen LogP contribution in [0.5, 0.6) is 0 Å². The zero-order valence-corrected chi connectivity index (χ0v) is 14.3. The molecule has 0 atom stereocenters. The SMILES string of the molecule is Cn1ccnc1CN1CCC(C(=O)NCCNC(=O)C2CC2)CC1. The predicted molar refractivity (Wildman–Crippen MR) is 90.0 cm³/mol. The van der Waals surface area contributed by atoms with Crippen LogP contribution in [0.2, 0.25) is 0 Å². The van der Waals surface area contributed by atoms with Gasteiger partial charge in [0.2, 0.25) is 11.8 Å². The van der Waals surface area contributed by atoms with Gasteiger partial charge < -0.3 is 15.2 Å². The van der Waals surface area contributed by atoms with Crippen molar-refractivity contribution in [3.63, 3.8) is 0 Å². The Hall–Kier alpha value is -1.89. The summed E-state index contributed by atoms with van der Waals surface area (Å²) < 4.78 is 2.04. The summed E-state index contributed by atoms with van der Waals surface area (Å²) in [5.74, 6) is 1.62. The Bertz CT molecular complexity index is 573. The highest BCUT2D eigenvalue weighted by Crippen LogP contribution is 2.28. The maximum Gasteiger partial charge on any atom is 0.223 e. The van der Waals surface area contributed by atoms with E-state index in [0.29, 0.717) is 13.1 Å². The molecule has 7 nitrogen and oxygen atoms in total. The van der Waals surface area contributed by atoms with Crippen LogP contribution in [-0.2, 0) is 23.2 Å². The molecule has 1 saturated heterocycles. The monoisotopic (exact) mass is 333 g/mol. The molecule has 2 amide bonds. The highest BCUT2D eigenvalue weighted by Gasteiger charge is 2.29. The van der Waals surface area contributed by atoms with Crippen molar-refractivity contribution >= 4 is 11.8 Å². The van der Waals surface area contributed by atoms with E-state index >= 15 is 0 Å². The molecule has 24 heavy (non-hydrogen) atoms. The van der Waals surface area contributed by atoms with Crippen LogP contribution in [-0.4, -0.2) is 52.4 Å². The summed E-state index contributed by atoms with van der Waals surface area (Å²) >= 11 is 0. The zero-order chi connectivity index (χ0) is 16.9. The molecule has 2 N–H and O–H groups in total. The molecule has 132 valence electrons. The third-order valence-electron chi connectivity index (χ3n) is 4.92. The van der Waals surface area contributed by atoms with Gasteiger partial charge in [0.1, 0.15) is 5.82 Å². The second kappa shape index (κ2) is 7.79. The number of aromatic nitrogens is 2. The minimum atomic E-state index is 0.0850. The van der Waals surface area contributed by atoms with Gasteiger partial charge in [0, 0.05) is 44.4 Å². The van der Waals surface area contributed by atoms with Gasteiger partial charge in [-0.3, -0.25) is 14.5 Å². The van der Waals surface area contributed by atoms with E-state index < -0.39 is 0 Å². The van der Waals surface area contributed by atoms with Gasteiger partial charge in [0.05, 0.1) is 6.54 Å². The quantitative estimate of drug-likeness (QED) is 0.702. The number of hydrogen-bond donors (Lipinski definition) is 2. The van der Waals surface area contributed by atoms with Gasteiger partial charge in [-0.2, -0.15) is 0 Å². The third kappa shape index (κ3) is 4.56. The van der Waals surface area contributed by atoms with Crippen LogP contribution in [0.1, 0.15) is 31.5 Å². The first-order valence-electron chi connectivity index (χ1n) is 8.87. The summed E-state index contributed by atoms with van der Waals surface area (Å²) in [5, 5.41) is 5.82. The molecular weight excluding hydrogens is 306 g/mol. The summed E-state index contributed by atoms with van der Waals surface area (Å²) in [7, 11) is 2.00. The Morgan fingerprint density at radius 2 is 1.67 bits per heavy atom. The second-order valence-corrected chi connectivity index (χ2v) is 6.86. The molecule has 2 heterocycles. The van der Waals surface area contributed by atoms with Crippen molar-refractivity contribution in [2.75, 3.05) is 26.2 Å². The van der Waals surface area contributed by atoms with Gasteiger partial charge in [-0.15, -0.1) is 0 Å². The van der Waals surface area contributed by atoms with Gasteiger partial charge in [0.15, 0.2) is 0 Å². The average Bonchev–Trinajstić information content (AvgIpc) is 3.36. The van der Waals surface area contributed by atoms with Gasteiger partial charge in [-0.05, 0) is 38.8 Å². The molecule has 2 aliphatic rings. The molecule has 2 fully saturated rings. The molecule has 1 saturated carbocycles. The highest BCUT2D eigenvalue weighted by molar-refractivity contribution is 5.81. The Labute approximate surface area is 142 Å². The lowest BCUT2D eigenvalue weighted by Crippen LogP contribution is -2.42. The van der Waals surface area contributed by atoms with E-state index in [0.717, 1.165) is 51.1 Å². The second-order valence-electron chi connectivity index (χ2n) is 6.86. The van der Waals surface area contributed by atoms with Crippen molar-refractivity contribution in [3.05, 3.63) is 18.2 Å². The summed E-state index contributed by atoms with van der Waals surface area (Å²) in [5.41, 5.74) is 0. The minimum absolute atomic E-state index is 0.0850. The molecule has 7 heteroatoms. The van der Waals surface area contributed by atoms with Crippen LogP contribution in [0.4, 0.5) is 0 Å². The first kappa shape index (κ1) is 17.0. The molecule has 0 aromatic carbocycles. The summed E-state index contributed by atoms with van der Waals surface area (Å²) in [6.07, 6.45) is 7.55. The van der Waals surface area contributed by atoms with Crippen LogP contribution >= 0.6 is 0 Å². The van der Waals surface area contributed by atoms with Gasteiger partial charge >= 0.3 is 0 Å². The zero-order valence-electron chi connectivity index (χ0n) is 14.3. The Kier molecular flexibility index (Phi) is 5.50. The Morgan fingerprint density at radius 3 is 2.17 bits per heavy atom. The number of carbonyl (C=O) groups excluding carboxylic acids is 2. The molecule has 1 aliphatic carbocycles. The lowest BCUT2D eigenvalue weighted by Gasteiger charge is -2.30. The van der Waals surface area contributed by atoms with Gasteiger partial charge in [-0.25, -0.2) is 4.98 Å². The molecule has 0 radical (unpaired) electrons. The Morgan fingerprint density at radius 1 is 1.08 bits per heavy atom. The topological polar surface area (TPSA) is 79.3 Å². The van der Waals surface area contributed by atoms with Crippen LogP contribution < -0.4 is 10.6 Å². The van der Waals surface area contributed by atoms with Crippen LogP contribution in [0.15, 0.2) is 12.4 Å². The van der Waals surface area contributed by atoms with Crippen LogP contribution in [0, 0.1) is 11.8 Å². The number of imidazole rings is 1. The van der Waals surface area contributed by atoms with Crippen molar-refractivity contribution in [1.29, 1.82) is 0 Å².